The molecule has 3 aromatic carbocycles. The molecule has 0 heterocycles. The number of hydrogen-bond acceptors (Lipinski definition) is 5. The highest BCUT2D eigenvalue weighted by atomic mass is 16.5. The molecular formula is C21H20N2O3. The van der Waals surface area contributed by atoms with Gasteiger partial charge in [0.2, 0.25) is 0 Å². The third-order valence-corrected chi connectivity index (χ3v) is 3.81. The van der Waals surface area contributed by atoms with E-state index in [1.165, 1.54) is 0 Å². The summed E-state index contributed by atoms with van der Waals surface area (Å²) in [5.74, 6) is 1.95. The number of methoxy groups -OCH3 is 1. The predicted molar refractivity (Wildman–Crippen MR) is 101 cm³/mol. The number of hydrogen-bond donors (Lipinski definition) is 1. The van der Waals surface area contributed by atoms with Crippen LogP contribution in [0.25, 0.3) is 0 Å². The molecule has 0 atom stereocenters. The van der Waals surface area contributed by atoms with E-state index in [4.69, 9.17) is 9.47 Å². The van der Waals surface area contributed by atoms with Crippen LogP contribution in [0.3, 0.4) is 0 Å². The average Bonchev–Trinajstić information content (AvgIpc) is 2.65. The van der Waals surface area contributed by atoms with Gasteiger partial charge in [-0.25, -0.2) is 0 Å². The second kappa shape index (κ2) is 7.70. The maximum absolute atomic E-state index is 9.92. The maximum atomic E-state index is 9.92. The normalized spacial score (nSPS) is 10.9. The first-order valence-corrected chi connectivity index (χ1v) is 8.19. The van der Waals surface area contributed by atoms with Gasteiger partial charge in [-0.1, -0.05) is 23.8 Å². The zero-order valence-electron chi connectivity index (χ0n) is 14.9. The molecule has 0 aliphatic carbocycles. The monoisotopic (exact) mass is 348 g/mol. The summed E-state index contributed by atoms with van der Waals surface area (Å²) < 4.78 is 11.2. The van der Waals surface area contributed by atoms with E-state index in [0.717, 1.165) is 11.1 Å². The molecule has 132 valence electrons. The quantitative estimate of drug-likeness (QED) is 0.556. The number of phenols is 1. The molecule has 0 aliphatic rings. The molecule has 0 saturated heterocycles. The Balaban J connectivity index is 1.94. The van der Waals surface area contributed by atoms with Crippen LogP contribution in [0.5, 0.6) is 23.0 Å². The van der Waals surface area contributed by atoms with Gasteiger partial charge in [-0.3, -0.25) is 0 Å². The number of aromatic hydroxyl groups is 1. The number of nitrogens with zero attached hydrogens (tertiary/aromatic N) is 2. The fourth-order valence-corrected chi connectivity index (χ4v) is 2.34. The molecule has 0 aromatic heterocycles. The first-order valence-electron chi connectivity index (χ1n) is 8.19. The highest BCUT2D eigenvalue weighted by Gasteiger charge is 2.08. The topological polar surface area (TPSA) is 63.4 Å². The minimum absolute atomic E-state index is 0.0777. The Morgan fingerprint density at radius 1 is 0.731 bits per heavy atom. The van der Waals surface area contributed by atoms with Crippen LogP contribution < -0.4 is 9.47 Å². The van der Waals surface area contributed by atoms with Crippen molar-refractivity contribution >= 4 is 11.4 Å². The number of benzene rings is 3. The molecule has 0 bridgehead atoms. The van der Waals surface area contributed by atoms with Gasteiger partial charge in [0, 0.05) is 6.07 Å². The summed E-state index contributed by atoms with van der Waals surface area (Å²) in [7, 11) is 1.59. The van der Waals surface area contributed by atoms with Gasteiger partial charge < -0.3 is 14.6 Å². The minimum Gasteiger partial charge on any atom is -0.506 e. The molecule has 0 spiro atoms. The molecular weight excluding hydrogens is 328 g/mol. The van der Waals surface area contributed by atoms with Crippen molar-refractivity contribution in [2.24, 2.45) is 10.2 Å². The van der Waals surface area contributed by atoms with Crippen molar-refractivity contribution in [2.75, 3.05) is 7.11 Å². The highest BCUT2D eigenvalue weighted by molar-refractivity contribution is 5.58. The van der Waals surface area contributed by atoms with E-state index in [1.807, 2.05) is 44.2 Å². The van der Waals surface area contributed by atoms with Crippen molar-refractivity contribution in [2.45, 2.75) is 13.8 Å². The third kappa shape index (κ3) is 4.19. The number of aryl methyl sites for hydroxylation is 2. The Kier molecular flexibility index (Phi) is 5.17. The van der Waals surface area contributed by atoms with Crippen LogP contribution in [-0.2, 0) is 0 Å². The van der Waals surface area contributed by atoms with E-state index in [9.17, 15) is 5.11 Å². The maximum Gasteiger partial charge on any atom is 0.158 e. The standard InChI is InChI=1S/C21H20N2O3/c1-14-4-7-16(8-5-14)26-21-13-17(25-3)9-10-18(21)22-23-19-12-15(2)6-11-20(19)24/h4-13,24H,1-3H3. The lowest BCUT2D eigenvalue weighted by atomic mass is 10.2. The Bertz CT molecular complexity index is 934. The Hall–Kier alpha value is -3.34. The Labute approximate surface area is 152 Å². The summed E-state index contributed by atoms with van der Waals surface area (Å²) >= 11 is 0. The van der Waals surface area contributed by atoms with Crippen molar-refractivity contribution in [1.82, 2.24) is 0 Å². The summed E-state index contributed by atoms with van der Waals surface area (Å²) in [5, 5.41) is 18.3. The zero-order chi connectivity index (χ0) is 18.5. The first kappa shape index (κ1) is 17.5. The van der Waals surface area contributed by atoms with Crippen LogP contribution in [0.4, 0.5) is 11.4 Å². The SMILES string of the molecule is COc1ccc(N=Nc2cc(C)ccc2O)c(Oc2ccc(C)cc2)c1. The van der Waals surface area contributed by atoms with Crippen LogP contribution in [-0.4, -0.2) is 12.2 Å². The molecule has 1 N–H and O–H groups in total. The number of rotatable bonds is 5. The fraction of sp³-hybridized carbons (Fsp3) is 0.143. The van der Waals surface area contributed by atoms with Crippen molar-refractivity contribution < 1.29 is 14.6 Å². The Morgan fingerprint density at radius 2 is 1.38 bits per heavy atom. The molecule has 0 aliphatic heterocycles. The van der Waals surface area contributed by atoms with Gasteiger partial charge in [0.25, 0.3) is 0 Å². The predicted octanol–water partition coefficient (Wildman–Crippen LogP) is 6.23. The molecule has 3 aromatic rings. The summed E-state index contributed by atoms with van der Waals surface area (Å²) in [4.78, 5) is 0. The van der Waals surface area contributed by atoms with Gasteiger partial charge >= 0.3 is 0 Å². The van der Waals surface area contributed by atoms with E-state index in [0.29, 0.717) is 28.6 Å². The molecule has 5 heteroatoms. The van der Waals surface area contributed by atoms with Gasteiger partial charge in [0.05, 0.1) is 7.11 Å². The number of ether oxygens (including phenoxy) is 2. The van der Waals surface area contributed by atoms with E-state index in [-0.39, 0.29) is 5.75 Å². The van der Waals surface area contributed by atoms with E-state index in [1.54, 1.807) is 37.4 Å². The van der Waals surface area contributed by atoms with Gasteiger partial charge in [0.1, 0.15) is 28.6 Å². The Morgan fingerprint density at radius 3 is 2.12 bits per heavy atom. The summed E-state index contributed by atoms with van der Waals surface area (Å²) in [6.07, 6.45) is 0. The largest absolute Gasteiger partial charge is 0.506 e. The van der Waals surface area contributed by atoms with Gasteiger partial charge in [0.15, 0.2) is 5.75 Å². The lowest BCUT2D eigenvalue weighted by molar-refractivity contribution is 0.409. The zero-order valence-corrected chi connectivity index (χ0v) is 14.9. The highest BCUT2D eigenvalue weighted by Crippen LogP contribution is 2.37. The average molecular weight is 348 g/mol. The number of phenolic OH excluding ortho intramolecular Hbond substituents is 1. The van der Waals surface area contributed by atoms with Crippen LogP contribution >= 0.6 is 0 Å². The van der Waals surface area contributed by atoms with Crippen LogP contribution in [0.2, 0.25) is 0 Å². The molecule has 0 saturated carbocycles. The molecule has 3 rings (SSSR count). The van der Waals surface area contributed by atoms with E-state index >= 15 is 0 Å². The number of azo groups is 1. The minimum atomic E-state index is 0.0777. The van der Waals surface area contributed by atoms with Gasteiger partial charge in [-0.05, 0) is 55.8 Å². The molecule has 5 nitrogen and oxygen atoms in total. The summed E-state index contributed by atoms with van der Waals surface area (Å²) in [6, 6.07) is 18.2. The van der Waals surface area contributed by atoms with E-state index in [2.05, 4.69) is 10.2 Å². The second-order valence-electron chi connectivity index (χ2n) is 5.94. The van der Waals surface area contributed by atoms with E-state index < -0.39 is 0 Å². The van der Waals surface area contributed by atoms with Crippen molar-refractivity contribution in [1.29, 1.82) is 0 Å². The van der Waals surface area contributed by atoms with Crippen molar-refractivity contribution in [3.8, 4) is 23.0 Å². The fourth-order valence-electron chi connectivity index (χ4n) is 2.34. The summed E-state index contributed by atoms with van der Waals surface area (Å²) in [5.41, 5.74) is 3.08. The molecule has 26 heavy (non-hydrogen) atoms. The van der Waals surface area contributed by atoms with Gasteiger partial charge in [-0.15, -0.1) is 10.2 Å². The molecule has 0 radical (unpaired) electrons. The molecule has 0 unspecified atom stereocenters. The summed E-state index contributed by atoms with van der Waals surface area (Å²) in [6.45, 7) is 3.95. The van der Waals surface area contributed by atoms with Crippen LogP contribution in [0.15, 0.2) is 70.9 Å². The van der Waals surface area contributed by atoms with Crippen molar-refractivity contribution in [3.05, 3.63) is 71.8 Å². The van der Waals surface area contributed by atoms with Gasteiger partial charge in [-0.2, -0.15) is 0 Å². The third-order valence-electron chi connectivity index (χ3n) is 3.81. The second-order valence-corrected chi connectivity index (χ2v) is 5.94. The van der Waals surface area contributed by atoms with Crippen molar-refractivity contribution in [3.63, 3.8) is 0 Å². The van der Waals surface area contributed by atoms with Crippen LogP contribution in [0, 0.1) is 13.8 Å². The molecule has 0 fully saturated rings. The smallest absolute Gasteiger partial charge is 0.158 e. The lowest BCUT2D eigenvalue weighted by Gasteiger charge is -2.10. The van der Waals surface area contributed by atoms with Crippen LogP contribution in [0.1, 0.15) is 11.1 Å². The first-order chi connectivity index (χ1) is 12.5. The lowest BCUT2D eigenvalue weighted by Crippen LogP contribution is -1.88. The molecule has 0 amide bonds.